The molecule has 0 aliphatic carbocycles. The van der Waals surface area contributed by atoms with Gasteiger partial charge in [-0.1, -0.05) is 44.0 Å². The molecule has 0 fully saturated rings. The fourth-order valence-electron chi connectivity index (χ4n) is 3.88. The van der Waals surface area contributed by atoms with E-state index in [0.717, 1.165) is 33.0 Å². The van der Waals surface area contributed by atoms with Gasteiger partial charge in [0.1, 0.15) is 11.8 Å². The van der Waals surface area contributed by atoms with Crippen LogP contribution in [0.1, 0.15) is 62.8 Å². The fraction of sp³-hybridized carbons (Fsp3) is 0.458. The molecule has 2 rings (SSSR count). The van der Waals surface area contributed by atoms with Gasteiger partial charge in [-0.3, -0.25) is 9.10 Å². The van der Waals surface area contributed by atoms with Crippen molar-refractivity contribution in [3.63, 3.8) is 0 Å². The van der Waals surface area contributed by atoms with Crippen LogP contribution in [-0.4, -0.2) is 33.7 Å². The van der Waals surface area contributed by atoms with E-state index in [9.17, 15) is 13.2 Å². The Kier molecular flexibility index (Phi) is 9.08. The number of nitrogens with one attached hydrogen (secondary N) is 1. The molecule has 0 radical (unpaired) electrons. The molecule has 1 N–H and O–H groups in total. The van der Waals surface area contributed by atoms with E-state index in [1.54, 1.807) is 14.0 Å². The highest BCUT2D eigenvalue weighted by Crippen LogP contribution is 2.33. The molecule has 0 saturated carbocycles. The number of ether oxygens (including phenoxy) is 1. The first-order valence-electron chi connectivity index (χ1n) is 10.7. The number of amides is 1. The Morgan fingerprint density at radius 3 is 2.21 bits per heavy atom. The van der Waals surface area contributed by atoms with Crippen molar-refractivity contribution in [1.29, 1.82) is 0 Å². The third kappa shape index (κ3) is 6.34. The Labute approximate surface area is 207 Å². The average Bonchev–Trinajstić information content (AvgIpc) is 2.72. The Bertz CT molecular complexity index is 1120. The number of hydrogen-bond donors (Lipinski definition) is 1. The number of sulfonamides is 1. The van der Waals surface area contributed by atoms with Crippen molar-refractivity contribution in [3.8, 4) is 5.75 Å². The summed E-state index contributed by atoms with van der Waals surface area (Å²) < 4.78 is 32.0. The summed E-state index contributed by atoms with van der Waals surface area (Å²) in [6, 6.07) is 7.21. The van der Waals surface area contributed by atoms with Crippen LogP contribution in [0.3, 0.4) is 0 Å². The molecule has 0 saturated heterocycles. The van der Waals surface area contributed by atoms with E-state index >= 15 is 0 Å². The Hall–Kier alpha value is -1.96. The molecule has 33 heavy (non-hydrogen) atoms. The molecular weight excluding hydrogens is 483 g/mol. The molecule has 1 amide bonds. The van der Waals surface area contributed by atoms with E-state index in [2.05, 4.69) is 19.2 Å². The minimum atomic E-state index is -3.79. The van der Waals surface area contributed by atoms with Gasteiger partial charge in [0.2, 0.25) is 15.9 Å². The van der Waals surface area contributed by atoms with Crippen LogP contribution < -0.4 is 14.4 Å². The third-order valence-corrected chi connectivity index (χ3v) is 7.47. The number of methoxy groups -OCH3 is 1. The SMILES string of the molecule is CC[C@@H](C(=O)N[C@H](C)c1cc(C(C)C)c(OC)cc1C)N(c1ccc(Cl)c(Cl)c1)S(C)(=O)=O. The van der Waals surface area contributed by atoms with Gasteiger partial charge >= 0.3 is 0 Å². The molecule has 0 aliphatic rings. The van der Waals surface area contributed by atoms with Crippen LogP contribution in [0.15, 0.2) is 30.3 Å². The maximum Gasteiger partial charge on any atom is 0.244 e. The van der Waals surface area contributed by atoms with Crippen LogP contribution in [-0.2, 0) is 14.8 Å². The van der Waals surface area contributed by atoms with Crippen LogP contribution in [0, 0.1) is 6.92 Å². The lowest BCUT2D eigenvalue weighted by Gasteiger charge is -2.31. The number of carbonyl (C=O) groups is 1. The molecule has 0 unspecified atom stereocenters. The normalized spacial score (nSPS) is 13.5. The van der Waals surface area contributed by atoms with Gasteiger partial charge < -0.3 is 10.1 Å². The van der Waals surface area contributed by atoms with Gasteiger partial charge in [0.15, 0.2) is 0 Å². The quantitative estimate of drug-likeness (QED) is 0.454. The predicted octanol–water partition coefficient (Wildman–Crippen LogP) is 5.86. The Morgan fingerprint density at radius 1 is 1.09 bits per heavy atom. The summed E-state index contributed by atoms with van der Waals surface area (Å²) in [4.78, 5) is 13.3. The van der Waals surface area contributed by atoms with Gasteiger partial charge in [-0.2, -0.15) is 0 Å². The van der Waals surface area contributed by atoms with Crippen molar-refractivity contribution in [1.82, 2.24) is 5.32 Å². The number of benzene rings is 2. The molecule has 2 atom stereocenters. The average molecular weight is 516 g/mol. The zero-order chi connectivity index (χ0) is 25.1. The van der Waals surface area contributed by atoms with E-state index in [1.165, 1.54) is 18.2 Å². The second kappa shape index (κ2) is 11.0. The molecule has 0 aliphatic heterocycles. The molecule has 0 heterocycles. The molecule has 2 aromatic carbocycles. The van der Waals surface area contributed by atoms with Gasteiger partial charge in [0.05, 0.1) is 35.1 Å². The van der Waals surface area contributed by atoms with E-state index in [0.29, 0.717) is 5.02 Å². The summed E-state index contributed by atoms with van der Waals surface area (Å²) in [5.74, 6) is 0.642. The lowest BCUT2D eigenvalue weighted by atomic mass is 9.93. The molecule has 0 bridgehead atoms. The van der Waals surface area contributed by atoms with Gasteiger partial charge in [0.25, 0.3) is 0 Å². The molecule has 182 valence electrons. The first-order chi connectivity index (χ1) is 15.3. The monoisotopic (exact) mass is 514 g/mol. The van der Waals surface area contributed by atoms with Crippen LogP contribution in [0.4, 0.5) is 5.69 Å². The van der Waals surface area contributed by atoms with Crippen molar-refractivity contribution < 1.29 is 17.9 Å². The Balaban J connectivity index is 2.41. The second-order valence-electron chi connectivity index (χ2n) is 8.42. The number of aryl methyl sites for hydroxylation is 1. The van der Waals surface area contributed by atoms with Crippen molar-refractivity contribution in [2.75, 3.05) is 17.7 Å². The number of halogens is 2. The number of rotatable bonds is 9. The molecular formula is C24H32Cl2N2O4S. The summed E-state index contributed by atoms with van der Waals surface area (Å²) in [6.45, 7) is 9.76. The molecule has 6 nitrogen and oxygen atoms in total. The van der Waals surface area contributed by atoms with Crippen LogP contribution >= 0.6 is 23.2 Å². The highest BCUT2D eigenvalue weighted by molar-refractivity contribution is 7.92. The maximum atomic E-state index is 13.3. The van der Waals surface area contributed by atoms with Crippen LogP contribution in [0.5, 0.6) is 5.75 Å². The molecule has 0 spiro atoms. The lowest BCUT2D eigenvalue weighted by molar-refractivity contribution is -0.122. The summed E-state index contributed by atoms with van der Waals surface area (Å²) in [6.07, 6.45) is 1.34. The topological polar surface area (TPSA) is 75.7 Å². The van der Waals surface area contributed by atoms with Crippen molar-refractivity contribution in [3.05, 3.63) is 57.1 Å². The van der Waals surface area contributed by atoms with Crippen molar-refractivity contribution >= 4 is 44.8 Å². The number of nitrogens with zero attached hydrogens (tertiary/aromatic N) is 1. The summed E-state index contributed by atoms with van der Waals surface area (Å²) in [5.41, 5.74) is 3.24. The minimum Gasteiger partial charge on any atom is -0.496 e. The number of hydrogen-bond acceptors (Lipinski definition) is 4. The van der Waals surface area contributed by atoms with Gasteiger partial charge in [0, 0.05) is 0 Å². The molecule has 2 aromatic rings. The summed E-state index contributed by atoms with van der Waals surface area (Å²) in [5, 5.41) is 3.51. The van der Waals surface area contributed by atoms with E-state index in [4.69, 9.17) is 27.9 Å². The first kappa shape index (κ1) is 27.3. The summed E-state index contributed by atoms with van der Waals surface area (Å²) in [7, 11) is -2.15. The van der Waals surface area contributed by atoms with Crippen LogP contribution in [0.25, 0.3) is 0 Å². The zero-order valence-corrected chi connectivity index (χ0v) is 22.4. The molecule has 9 heteroatoms. The van der Waals surface area contributed by atoms with E-state index in [1.807, 2.05) is 26.0 Å². The smallest absolute Gasteiger partial charge is 0.244 e. The summed E-state index contributed by atoms with van der Waals surface area (Å²) >= 11 is 12.1. The van der Waals surface area contributed by atoms with Crippen molar-refractivity contribution in [2.45, 2.75) is 59.0 Å². The lowest BCUT2D eigenvalue weighted by Crippen LogP contribution is -2.49. The van der Waals surface area contributed by atoms with Gasteiger partial charge in [-0.05, 0) is 73.2 Å². The minimum absolute atomic E-state index is 0.210. The zero-order valence-electron chi connectivity index (χ0n) is 20.1. The maximum absolute atomic E-state index is 13.3. The van der Waals surface area contributed by atoms with E-state index in [-0.39, 0.29) is 29.1 Å². The molecule has 0 aromatic heterocycles. The predicted molar refractivity (Wildman–Crippen MR) is 136 cm³/mol. The third-order valence-electron chi connectivity index (χ3n) is 5.55. The second-order valence-corrected chi connectivity index (χ2v) is 11.1. The van der Waals surface area contributed by atoms with Crippen molar-refractivity contribution in [2.24, 2.45) is 0 Å². The standard InChI is InChI=1S/C24H32Cl2N2O4S/c1-8-22(28(33(7,30)31)17-9-10-20(25)21(26)12-17)24(29)27-16(5)19-13-18(14(2)3)23(32-6)11-15(19)4/h9-14,16,22H,8H2,1-7H3,(H,27,29)/t16-,22+/m1/s1. The van der Waals surface area contributed by atoms with E-state index < -0.39 is 22.0 Å². The van der Waals surface area contributed by atoms with Gasteiger partial charge in [-0.15, -0.1) is 0 Å². The largest absolute Gasteiger partial charge is 0.496 e. The highest BCUT2D eigenvalue weighted by Gasteiger charge is 2.32. The Morgan fingerprint density at radius 2 is 1.73 bits per heavy atom. The van der Waals surface area contributed by atoms with Gasteiger partial charge in [-0.25, -0.2) is 8.42 Å². The fourth-order valence-corrected chi connectivity index (χ4v) is 5.38. The highest BCUT2D eigenvalue weighted by atomic mass is 35.5. The number of carbonyl (C=O) groups excluding carboxylic acids is 1. The number of anilines is 1. The first-order valence-corrected chi connectivity index (χ1v) is 13.3. The van der Waals surface area contributed by atoms with Crippen LogP contribution in [0.2, 0.25) is 10.0 Å².